The molecule has 2 amide bonds. The van der Waals surface area contributed by atoms with Gasteiger partial charge >= 0.3 is 6.03 Å². The summed E-state index contributed by atoms with van der Waals surface area (Å²) >= 11 is 1.48. The van der Waals surface area contributed by atoms with Gasteiger partial charge in [0.05, 0.1) is 10.2 Å². The average Bonchev–Trinajstić information content (AvgIpc) is 2.96. The SMILES string of the molecule is CC(CCc1ccccc1)NC(=O)Nc1nc2ccccc2s1. The van der Waals surface area contributed by atoms with Crippen LogP contribution in [0.2, 0.25) is 0 Å². The number of aryl methyl sites for hydroxylation is 1. The van der Waals surface area contributed by atoms with Crippen LogP contribution in [0.15, 0.2) is 54.6 Å². The Kier molecular flexibility index (Phi) is 4.88. The summed E-state index contributed by atoms with van der Waals surface area (Å²) in [4.78, 5) is 16.5. The van der Waals surface area contributed by atoms with Crippen molar-refractivity contribution in [1.29, 1.82) is 0 Å². The Morgan fingerprint density at radius 3 is 2.65 bits per heavy atom. The summed E-state index contributed by atoms with van der Waals surface area (Å²) < 4.78 is 1.07. The largest absolute Gasteiger partial charge is 0.335 e. The van der Waals surface area contributed by atoms with Crippen molar-refractivity contribution >= 4 is 32.7 Å². The summed E-state index contributed by atoms with van der Waals surface area (Å²) in [5.74, 6) is 0. The Balaban J connectivity index is 1.50. The summed E-state index contributed by atoms with van der Waals surface area (Å²) in [6.45, 7) is 2.01. The van der Waals surface area contributed by atoms with E-state index in [9.17, 15) is 4.79 Å². The fraction of sp³-hybridized carbons (Fsp3) is 0.222. The van der Waals surface area contributed by atoms with Gasteiger partial charge in [0.2, 0.25) is 0 Å². The van der Waals surface area contributed by atoms with E-state index in [1.165, 1.54) is 16.9 Å². The van der Waals surface area contributed by atoms with Crippen LogP contribution in [0.25, 0.3) is 10.2 Å². The molecule has 1 unspecified atom stereocenters. The molecule has 0 saturated heterocycles. The Hall–Kier alpha value is -2.40. The van der Waals surface area contributed by atoms with Gasteiger partial charge in [-0.05, 0) is 37.5 Å². The van der Waals surface area contributed by atoms with Gasteiger partial charge in [-0.1, -0.05) is 53.8 Å². The maximum atomic E-state index is 12.1. The Morgan fingerprint density at radius 2 is 1.87 bits per heavy atom. The van der Waals surface area contributed by atoms with Crippen molar-refractivity contribution in [3.05, 3.63) is 60.2 Å². The molecule has 4 nitrogen and oxygen atoms in total. The highest BCUT2D eigenvalue weighted by molar-refractivity contribution is 7.22. The minimum atomic E-state index is -0.204. The zero-order valence-electron chi connectivity index (χ0n) is 13.0. The van der Waals surface area contributed by atoms with Crippen molar-refractivity contribution in [3.63, 3.8) is 0 Å². The first-order chi connectivity index (χ1) is 11.2. The van der Waals surface area contributed by atoms with Gasteiger partial charge in [-0.3, -0.25) is 5.32 Å². The van der Waals surface area contributed by atoms with Gasteiger partial charge in [-0.2, -0.15) is 0 Å². The minimum Gasteiger partial charge on any atom is -0.335 e. The quantitative estimate of drug-likeness (QED) is 0.728. The number of rotatable bonds is 5. The molecule has 0 aliphatic rings. The number of benzene rings is 2. The number of carbonyl (C=O) groups excluding carboxylic acids is 1. The Bertz CT molecular complexity index is 752. The van der Waals surface area contributed by atoms with E-state index in [1.807, 2.05) is 49.4 Å². The first-order valence-electron chi connectivity index (χ1n) is 7.68. The number of nitrogens with one attached hydrogen (secondary N) is 2. The number of aromatic nitrogens is 1. The van der Waals surface area contributed by atoms with E-state index in [0.29, 0.717) is 5.13 Å². The molecule has 3 rings (SSSR count). The van der Waals surface area contributed by atoms with Crippen molar-refractivity contribution < 1.29 is 4.79 Å². The summed E-state index contributed by atoms with van der Waals surface area (Å²) in [5, 5.41) is 6.40. The maximum Gasteiger partial charge on any atom is 0.321 e. The monoisotopic (exact) mass is 325 g/mol. The molecule has 2 aromatic carbocycles. The van der Waals surface area contributed by atoms with E-state index in [1.54, 1.807) is 0 Å². The van der Waals surface area contributed by atoms with Gasteiger partial charge in [-0.25, -0.2) is 9.78 Å². The number of para-hydroxylation sites is 1. The van der Waals surface area contributed by atoms with E-state index in [4.69, 9.17) is 0 Å². The van der Waals surface area contributed by atoms with Crippen LogP contribution in [-0.2, 0) is 6.42 Å². The van der Waals surface area contributed by atoms with Crippen LogP contribution >= 0.6 is 11.3 Å². The lowest BCUT2D eigenvalue weighted by Crippen LogP contribution is -2.36. The number of hydrogen-bond donors (Lipinski definition) is 2. The van der Waals surface area contributed by atoms with Gasteiger partial charge in [0.1, 0.15) is 0 Å². The van der Waals surface area contributed by atoms with Crippen LogP contribution in [-0.4, -0.2) is 17.1 Å². The number of amides is 2. The summed E-state index contributed by atoms with van der Waals surface area (Å²) in [5.41, 5.74) is 2.19. The third-order valence-corrected chi connectivity index (χ3v) is 4.55. The molecular formula is C18H19N3OS. The third-order valence-electron chi connectivity index (χ3n) is 3.60. The molecule has 1 heterocycles. The second-order valence-corrected chi connectivity index (χ2v) is 6.54. The second-order valence-electron chi connectivity index (χ2n) is 5.51. The van der Waals surface area contributed by atoms with Crippen molar-refractivity contribution in [2.45, 2.75) is 25.8 Å². The topological polar surface area (TPSA) is 54.0 Å². The highest BCUT2D eigenvalue weighted by Gasteiger charge is 2.10. The van der Waals surface area contributed by atoms with Gasteiger partial charge < -0.3 is 5.32 Å². The van der Waals surface area contributed by atoms with Gasteiger partial charge in [0, 0.05) is 6.04 Å². The summed E-state index contributed by atoms with van der Waals surface area (Å²) in [6.07, 6.45) is 1.85. The van der Waals surface area contributed by atoms with Crippen LogP contribution in [0, 0.1) is 0 Å². The maximum absolute atomic E-state index is 12.1. The zero-order chi connectivity index (χ0) is 16.1. The Morgan fingerprint density at radius 1 is 1.13 bits per heavy atom. The standard InChI is InChI=1S/C18H19N3OS/c1-13(11-12-14-7-3-2-4-8-14)19-17(22)21-18-20-15-9-5-6-10-16(15)23-18/h2-10,13H,11-12H2,1H3,(H2,19,20,21,22). The fourth-order valence-electron chi connectivity index (χ4n) is 2.38. The predicted octanol–water partition coefficient (Wildman–Crippen LogP) is 4.44. The normalized spacial score (nSPS) is 12.0. The van der Waals surface area contributed by atoms with Crippen molar-refractivity contribution in [2.75, 3.05) is 5.32 Å². The molecule has 0 aliphatic heterocycles. The number of hydrogen-bond acceptors (Lipinski definition) is 3. The predicted molar refractivity (Wildman–Crippen MR) is 96.0 cm³/mol. The number of thiazole rings is 1. The molecule has 3 aromatic rings. The van der Waals surface area contributed by atoms with Crippen molar-refractivity contribution in [3.8, 4) is 0 Å². The van der Waals surface area contributed by atoms with Crippen LogP contribution in [0.5, 0.6) is 0 Å². The van der Waals surface area contributed by atoms with E-state index in [-0.39, 0.29) is 12.1 Å². The highest BCUT2D eigenvalue weighted by Crippen LogP contribution is 2.25. The van der Waals surface area contributed by atoms with Gasteiger partial charge in [0.15, 0.2) is 5.13 Å². The molecule has 0 fully saturated rings. The number of fused-ring (bicyclic) bond motifs is 1. The number of urea groups is 1. The van der Waals surface area contributed by atoms with E-state index in [2.05, 4.69) is 27.8 Å². The number of anilines is 1. The molecular weight excluding hydrogens is 306 g/mol. The molecule has 1 aromatic heterocycles. The van der Waals surface area contributed by atoms with Crippen LogP contribution < -0.4 is 10.6 Å². The molecule has 5 heteroatoms. The van der Waals surface area contributed by atoms with E-state index < -0.39 is 0 Å². The molecule has 0 aliphatic carbocycles. The van der Waals surface area contributed by atoms with Gasteiger partial charge in [0.25, 0.3) is 0 Å². The lowest BCUT2D eigenvalue weighted by molar-refractivity contribution is 0.248. The average molecular weight is 325 g/mol. The van der Waals surface area contributed by atoms with E-state index in [0.717, 1.165) is 23.1 Å². The second kappa shape index (κ2) is 7.24. The lowest BCUT2D eigenvalue weighted by Gasteiger charge is -2.13. The smallest absolute Gasteiger partial charge is 0.321 e. The zero-order valence-corrected chi connectivity index (χ0v) is 13.8. The lowest BCUT2D eigenvalue weighted by atomic mass is 10.1. The molecule has 0 bridgehead atoms. The van der Waals surface area contributed by atoms with Gasteiger partial charge in [-0.15, -0.1) is 0 Å². The van der Waals surface area contributed by atoms with E-state index >= 15 is 0 Å². The number of carbonyl (C=O) groups is 1. The molecule has 0 saturated carbocycles. The highest BCUT2D eigenvalue weighted by atomic mass is 32.1. The third kappa shape index (κ3) is 4.29. The molecule has 0 radical (unpaired) electrons. The van der Waals surface area contributed by atoms with Crippen molar-refractivity contribution in [1.82, 2.24) is 10.3 Å². The van der Waals surface area contributed by atoms with Crippen molar-refractivity contribution in [2.24, 2.45) is 0 Å². The Labute approximate surface area is 139 Å². The first kappa shape index (κ1) is 15.5. The molecule has 118 valence electrons. The molecule has 2 N–H and O–H groups in total. The van der Waals surface area contributed by atoms with Crippen LogP contribution in [0.4, 0.5) is 9.93 Å². The molecule has 23 heavy (non-hydrogen) atoms. The molecule has 1 atom stereocenters. The number of nitrogens with zero attached hydrogens (tertiary/aromatic N) is 1. The molecule has 0 spiro atoms. The minimum absolute atomic E-state index is 0.101. The first-order valence-corrected chi connectivity index (χ1v) is 8.49. The summed E-state index contributed by atoms with van der Waals surface area (Å²) in [7, 11) is 0. The van der Waals surface area contributed by atoms with Crippen LogP contribution in [0.1, 0.15) is 18.9 Å². The summed E-state index contributed by atoms with van der Waals surface area (Å²) in [6, 6.07) is 18.0. The fourth-order valence-corrected chi connectivity index (χ4v) is 3.24. The van der Waals surface area contributed by atoms with Crippen LogP contribution in [0.3, 0.4) is 0 Å².